The Labute approximate surface area is 115 Å². The number of epoxide rings is 1. The van der Waals surface area contributed by atoms with E-state index in [0.29, 0.717) is 4.90 Å². The number of hydrogen-bond donors (Lipinski definition) is 0. The van der Waals surface area contributed by atoms with Crippen molar-refractivity contribution in [2.45, 2.75) is 49.0 Å². The highest BCUT2D eigenvalue weighted by molar-refractivity contribution is 7.93. The van der Waals surface area contributed by atoms with Gasteiger partial charge in [-0.3, -0.25) is 0 Å². The van der Waals surface area contributed by atoms with Gasteiger partial charge in [-0.1, -0.05) is 44.0 Å². The fourth-order valence-electron chi connectivity index (χ4n) is 2.27. The molecule has 2 rings (SSSR count). The van der Waals surface area contributed by atoms with E-state index >= 15 is 0 Å². The molecule has 1 fully saturated rings. The molecule has 0 aromatic heterocycles. The number of unbranched alkanes of at least 4 members (excludes halogenated alkanes) is 1. The third kappa shape index (κ3) is 2.35. The zero-order valence-corrected chi connectivity index (χ0v) is 12.2. The normalized spacial score (nSPS) is 26.1. The molecule has 0 unspecified atom stereocenters. The van der Waals surface area contributed by atoms with Crippen LogP contribution in [0.15, 0.2) is 41.8 Å². The smallest absolute Gasteiger partial charge is 0.218 e. The number of sulfone groups is 1. The molecule has 1 aromatic rings. The highest BCUT2D eigenvalue weighted by atomic mass is 32.2. The first-order valence-electron chi connectivity index (χ1n) is 6.60. The second-order valence-corrected chi connectivity index (χ2v) is 7.11. The summed E-state index contributed by atoms with van der Waals surface area (Å²) < 4.78 is 30.8. The number of rotatable bonds is 6. The molecule has 1 saturated heterocycles. The first-order valence-corrected chi connectivity index (χ1v) is 8.09. The van der Waals surface area contributed by atoms with Crippen molar-refractivity contribution in [3.05, 3.63) is 42.5 Å². The quantitative estimate of drug-likeness (QED) is 0.593. The molecule has 0 aliphatic carbocycles. The van der Waals surface area contributed by atoms with Gasteiger partial charge in [0.15, 0.2) is 0 Å². The van der Waals surface area contributed by atoms with Gasteiger partial charge < -0.3 is 4.74 Å². The summed E-state index contributed by atoms with van der Waals surface area (Å²) in [5, 5.41) is 0. The predicted molar refractivity (Wildman–Crippen MR) is 75.7 cm³/mol. The average Bonchev–Trinajstić information content (AvgIpc) is 3.12. The lowest BCUT2D eigenvalue weighted by atomic mass is 10.1. The molecule has 0 saturated carbocycles. The van der Waals surface area contributed by atoms with E-state index in [4.69, 9.17) is 4.74 Å². The Morgan fingerprint density at radius 3 is 2.53 bits per heavy atom. The van der Waals surface area contributed by atoms with Crippen LogP contribution in [0.1, 0.15) is 31.7 Å². The molecule has 19 heavy (non-hydrogen) atoms. The van der Waals surface area contributed by atoms with Crippen LogP contribution in [-0.2, 0) is 14.6 Å². The van der Waals surface area contributed by atoms with Crippen molar-refractivity contribution < 1.29 is 13.2 Å². The summed E-state index contributed by atoms with van der Waals surface area (Å²) in [5.74, 6) is 0. The van der Waals surface area contributed by atoms with Crippen LogP contribution in [0.2, 0.25) is 0 Å². The minimum atomic E-state index is -3.51. The van der Waals surface area contributed by atoms with Crippen LogP contribution < -0.4 is 0 Å². The van der Waals surface area contributed by atoms with Gasteiger partial charge >= 0.3 is 0 Å². The van der Waals surface area contributed by atoms with Crippen molar-refractivity contribution in [1.82, 2.24) is 0 Å². The summed E-state index contributed by atoms with van der Waals surface area (Å²) in [6.45, 7) is 7.66. The van der Waals surface area contributed by atoms with E-state index in [2.05, 4.69) is 13.5 Å². The van der Waals surface area contributed by atoms with E-state index in [1.807, 2.05) is 6.92 Å². The molecule has 2 atom stereocenters. The summed E-state index contributed by atoms with van der Waals surface area (Å²) in [5.41, 5.74) is 1.03. The van der Waals surface area contributed by atoms with Crippen LogP contribution in [0.3, 0.4) is 0 Å². The Bertz CT molecular complexity index is 560. The molecule has 1 heterocycles. The van der Waals surface area contributed by atoms with Gasteiger partial charge in [-0.2, -0.15) is 0 Å². The lowest BCUT2D eigenvalue weighted by Gasteiger charge is -2.10. The summed E-state index contributed by atoms with van der Waals surface area (Å²) >= 11 is 0. The van der Waals surface area contributed by atoms with Crippen LogP contribution in [-0.4, -0.2) is 19.5 Å². The Morgan fingerprint density at radius 1 is 1.37 bits per heavy atom. The molecule has 104 valence electrons. The predicted octanol–water partition coefficient (Wildman–Crippen LogP) is 3.24. The van der Waals surface area contributed by atoms with Gasteiger partial charge in [-0.25, -0.2) is 8.42 Å². The zero-order chi connectivity index (χ0) is 14.1. The van der Waals surface area contributed by atoms with E-state index in [-0.39, 0.29) is 6.10 Å². The highest BCUT2D eigenvalue weighted by Crippen LogP contribution is 2.48. The van der Waals surface area contributed by atoms with Gasteiger partial charge in [0.2, 0.25) is 14.8 Å². The van der Waals surface area contributed by atoms with E-state index in [1.54, 1.807) is 24.3 Å². The van der Waals surface area contributed by atoms with E-state index in [9.17, 15) is 8.42 Å². The summed E-state index contributed by atoms with van der Waals surface area (Å²) in [6.07, 6.45) is 3.92. The van der Waals surface area contributed by atoms with Crippen LogP contribution in [0.5, 0.6) is 0 Å². The van der Waals surface area contributed by atoms with Gasteiger partial charge in [0.05, 0.1) is 4.90 Å². The number of benzene rings is 1. The van der Waals surface area contributed by atoms with Gasteiger partial charge in [0.1, 0.15) is 6.10 Å². The summed E-state index contributed by atoms with van der Waals surface area (Å²) in [4.78, 5) is -0.908. The van der Waals surface area contributed by atoms with Crippen molar-refractivity contribution in [3.8, 4) is 0 Å². The molecule has 1 aliphatic heterocycles. The second kappa shape index (κ2) is 5.10. The van der Waals surface area contributed by atoms with Crippen molar-refractivity contribution >= 4 is 9.84 Å². The van der Waals surface area contributed by atoms with Crippen molar-refractivity contribution in [3.63, 3.8) is 0 Å². The van der Waals surface area contributed by atoms with Crippen LogP contribution in [0.4, 0.5) is 0 Å². The molecule has 0 N–H and O–H groups in total. The molecule has 0 radical (unpaired) electrons. The van der Waals surface area contributed by atoms with Crippen molar-refractivity contribution in [1.29, 1.82) is 0 Å². The van der Waals surface area contributed by atoms with Crippen molar-refractivity contribution in [2.75, 3.05) is 0 Å². The van der Waals surface area contributed by atoms with E-state index in [1.165, 1.54) is 6.08 Å². The third-order valence-electron chi connectivity index (χ3n) is 3.57. The van der Waals surface area contributed by atoms with Gasteiger partial charge in [-0.05, 0) is 31.6 Å². The molecule has 0 bridgehead atoms. The van der Waals surface area contributed by atoms with Gasteiger partial charge in [-0.15, -0.1) is 0 Å². The average molecular weight is 280 g/mol. The first-order chi connectivity index (χ1) is 8.98. The van der Waals surface area contributed by atoms with Gasteiger partial charge in [0, 0.05) is 0 Å². The largest absolute Gasteiger partial charge is 0.345 e. The topological polar surface area (TPSA) is 46.7 Å². The fourth-order valence-corrected chi connectivity index (χ4v) is 4.05. The number of aryl methyl sites for hydroxylation is 1. The molecule has 3 nitrogen and oxygen atoms in total. The molecule has 4 heteroatoms. The Morgan fingerprint density at radius 2 is 2.00 bits per heavy atom. The maximum Gasteiger partial charge on any atom is 0.218 e. The molecule has 1 aromatic carbocycles. The Kier molecular flexibility index (Phi) is 3.83. The highest BCUT2D eigenvalue weighted by Gasteiger charge is 2.63. The number of hydrogen-bond acceptors (Lipinski definition) is 3. The maximum atomic E-state index is 12.6. The van der Waals surface area contributed by atoms with Gasteiger partial charge in [0.25, 0.3) is 0 Å². The fraction of sp³-hybridized carbons (Fsp3) is 0.467. The molecular weight excluding hydrogens is 260 g/mol. The minimum absolute atomic E-state index is 0.253. The zero-order valence-electron chi connectivity index (χ0n) is 11.4. The van der Waals surface area contributed by atoms with Crippen LogP contribution in [0, 0.1) is 6.92 Å². The molecular formula is C15H20O3S. The standard InChI is InChI=1S/C15H20O3S/c1-4-6-7-14-15(5-2,18-14)19(16,17)13-10-8-12(3)9-11-13/h5,8-11,14H,2,4,6-7H2,1,3H3/t14-,15-/m1/s1. The van der Waals surface area contributed by atoms with E-state index < -0.39 is 14.8 Å². The first kappa shape index (κ1) is 14.3. The lowest BCUT2D eigenvalue weighted by Crippen LogP contribution is -2.25. The Balaban J connectivity index is 2.29. The van der Waals surface area contributed by atoms with Crippen LogP contribution >= 0.6 is 0 Å². The monoisotopic (exact) mass is 280 g/mol. The number of ether oxygens (including phenoxy) is 1. The minimum Gasteiger partial charge on any atom is -0.345 e. The lowest BCUT2D eigenvalue weighted by molar-refractivity contribution is 0.358. The summed E-state index contributed by atoms with van der Waals surface area (Å²) in [6, 6.07) is 6.86. The molecule has 0 amide bonds. The Hall–Kier alpha value is -1.13. The van der Waals surface area contributed by atoms with Crippen LogP contribution in [0.25, 0.3) is 0 Å². The summed E-state index contributed by atoms with van der Waals surface area (Å²) in [7, 11) is -3.51. The van der Waals surface area contributed by atoms with Crippen molar-refractivity contribution in [2.24, 2.45) is 0 Å². The maximum absolute atomic E-state index is 12.6. The SMILES string of the molecule is C=C[C@]1(S(=O)(=O)c2ccc(C)cc2)O[C@@H]1CCCC. The van der Waals surface area contributed by atoms with E-state index in [0.717, 1.165) is 24.8 Å². The third-order valence-corrected chi connectivity index (χ3v) is 5.83. The molecule has 0 spiro atoms. The second-order valence-electron chi connectivity index (χ2n) is 4.99. The molecule has 1 aliphatic rings.